The fourth-order valence-electron chi connectivity index (χ4n) is 1.58. The molecule has 1 atom stereocenters. The summed E-state index contributed by atoms with van der Waals surface area (Å²) in [5, 5.41) is 0. The van der Waals surface area contributed by atoms with Gasteiger partial charge in [-0.1, -0.05) is 0 Å². The first-order chi connectivity index (χ1) is 8.64. The molecule has 0 aromatic rings. The van der Waals surface area contributed by atoms with Crippen molar-refractivity contribution in [2.45, 2.75) is 25.7 Å². The van der Waals surface area contributed by atoms with Gasteiger partial charge in [-0.3, -0.25) is 0 Å². The van der Waals surface area contributed by atoms with E-state index in [1.807, 2.05) is 13.8 Å². The smallest absolute Gasteiger partial charge is 0.163 e. The summed E-state index contributed by atoms with van der Waals surface area (Å²) in [4.78, 5) is 0. The summed E-state index contributed by atoms with van der Waals surface area (Å²) in [6.45, 7) is 8.30. The molecule has 1 fully saturated rings. The molecule has 108 valence electrons. The lowest BCUT2D eigenvalue weighted by Crippen LogP contribution is -2.24. The van der Waals surface area contributed by atoms with Crippen LogP contribution in [-0.2, 0) is 23.7 Å². The molecular formula is C12H25NO5. The van der Waals surface area contributed by atoms with Gasteiger partial charge in [-0.25, -0.2) is 0 Å². The van der Waals surface area contributed by atoms with Crippen LogP contribution in [0.15, 0.2) is 0 Å². The molecule has 1 aliphatic heterocycles. The Bertz CT molecular complexity index is 213. The summed E-state index contributed by atoms with van der Waals surface area (Å²) in [5.74, 6) is -0.481. The molecule has 0 bridgehead atoms. The van der Waals surface area contributed by atoms with E-state index in [-0.39, 0.29) is 6.10 Å². The first-order valence-electron chi connectivity index (χ1n) is 6.39. The summed E-state index contributed by atoms with van der Waals surface area (Å²) in [6.07, 6.45) is 0.0212. The van der Waals surface area contributed by atoms with E-state index in [1.165, 1.54) is 0 Å². The van der Waals surface area contributed by atoms with Crippen molar-refractivity contribution in [2.75, 3.05) is 52.8 Å². The molecule has 1 heterocycles. The van der Waals surface area contributed by atoms with Crippen molar-refractivity contribution >= 4 is 0 Å². The van der Waals surface area contributed by atoms with Crippen molar-refractivity contribution < 1.29 is 23.7 Å². The maximum absolute atomic E-state index is 5.60. The normalized spacial score (nSPS) is 22.5. The van der Waals surface area contributed by atoms with Crippen LogP contribution < -0.4 is 5.73 Å². The zero-order valence-electron chi connectivity index (χ0n) is 11.4. The van der Waals surface area contributed by atoms with Gasteiger partial charge >= 0.3 is 0 Å². The molecule has 1 saturated heterocycles. The number of hydrogen-bond donors (Lipinski definition) is 1. The van der Waals surface area contributed by atoms with E-state index in [0.717, 1.165) is 0 Å². The number of hydrogen-bond acceptors (Lipinski definition) is 6. The largest absolute Gasteiger partial charge is 0.378 e. The van der Waals surface area contributed by atoms with Gasteiger partial charge in [0.15, 0.2) is 5.79 Å². The van der Waals surface area contributed by atoms with Crippen LogP contribution in [-0.4, -0.2) is 64.7 Å². The Morgan fingerprint density at radius 1 is 1.06 bits per heavy atom. The van der Waals surface area contributed by atoms with E-state index in [9.17, 15) is 0 Å². The van der Waals surface area contributed by atoms with E-state index in [4.69, 9.17) is 29.4 Å². The zero-order valence-corrected chi connectivity index (χ0v) is 11.4. The summed E-state index contributed by atoms with van der Waals surface area (Å²) in [7, 11) is 0. The van der Waals surface area contributed by atoms with Crippen molar-refractivity contribution in [3.05, 3.63) is 0 Å². The molecule has 0 aliphatic carbocycles. The molecule has 0 aromatic carbocycles. The summed E-state index contributed by atoms with van der Waals surface area (Å²) < 4.78 is 27.0. The van der Waals surface area contributed by atoms with Gasteiger partial charge in [-0.2, -0.15) is 0 Å². The second-order valence-corrected chi connectivity index (χ2v) is 4.54. The number of ether oxygens (including phenoxy) is 5. The molecule has 6 heteroatoms. The second-order valence-electron chi connectivity index (χ2n) is 4.54. The third-order valence-corrected chi connectivity index (χ3v) is 2.38. The first kappa shape index (κ1) is 15.8. The fourth-order valence-corrected chi connectivity index (χ4v) is 1.58. The van der Waals surface area contributed by atoms with Crippen LogP contribution in [0.1, 0.15) is 13.8 Å². The standard InChI is InChI=1S/C12H25NO5/c1-12(2)17-10-11(18-12)9-16-8-7-15-6-5-14-4-3-13/h11H,3-10,13H2,1-2H3. The molecule has 18 heavy (non-hydrogen) atoms. The van der Waals surface area contributed by atoms with Crippen LogP contribution in [0, 0.1) is 0 Å². The van der Waals surface area contributed by atoms with Gasteiger partial charge in [-0.15, -0.1) is 0 Å². The average Bonchev–Trinajstić information content (AvgIpc) is 2.67. The molecule has 1 unspecified atom stereocenters. The minimum absolute atomic E-state index is 0.0212. The van der Waals surface area contributed by atoms with Gasteiger partial charge in [0.05, 0.1) is 46.2 Å². The number of nitrogens with two attached hydrogens (primary N) is 1. The molecule has 2 N–H and O–H groups in total. The molecule has 1 aliphatic rings. The van der Waals surface area contributed by atoms with E-state index >= 15 is 0 Å². The van der Waals surface area contributed by atoms with Gasteiger partial charge in [0.25, 0.3) is 0 Å². The maximum Gasteiger partial charge on any atom is 0.163 e. The molecule has 0 radical (unpaired) electrons. The van der Waals surface area contributed by atoms with Crippen LogP contribution in [0.3, 0.4) is 0 Å². The van der Waals surface area contributed by atoms with Crippen molar-refractivity contribution in [2.24, 2.45) is 5.73 Å². The SMILES string of the molecule is CC1(C)OCC(COCCOCCOCCN)O1. The van der Waals surface area contributed by atoms with Crippen molar-refractivity contribution in [3.63, 3.8) is 0 Å². The Labute approximate surface area is 109 Å². The Hall–Kier alpha value is -0.240. The van der Waals surface area contributed by atoms with Crippen LogP contribution >= 0.6 is 0 Å². The quantitative estimate of drug-likeness (QED) is 0.566. The lowest BCUT2D eigenvalue weighted by molar-refractivity contribution is -0.145. The summed E-state index contributed by atoms with van der Waals surface area (Å²) >= 11 is 0. The van der Waals surface area contributed by atoms with Crippen LogP contribution in [0.2, 0.25) is 0 Å². The third kappa shape index (κ3) is 7.25. The molecule has 0 spiro atoms. The van der Waals surface area contributed by atoms with E-state index < -0.39 is 5.79 Å². The van der Waals surface area contributed by atoms with E-state index in [1.54, 1.807) is 0 Å². The fraction of sp³-hybridized carbons (Fsp3) is 1.00. The molecule has 6 nitrogen and oxygen atoms in total. The topological polar surface area (TPSA) is 72.2 Å². The Morgan fingerprint density at radius 3 is 2.22 bits per heavy atom. The monoisotopic (exact) mass is 263 g/mol. The predicted molar refractivity (Wildman–Crippen MR) is 66.4 cm³/mol. The lowest BCUT2D eigenvalue weighted by Gasteiger charge is -2.17. The highest BCUT2D eigenvalue weighted by molar-refractivity contribution is 4.70. The molecule has 0 aromatic heterocycles. The van der Waals surface area contributed by atoms with E-state index in [2.05, 4.69) is 0 Å². The van der Waals surface area contributed by atoms with Crippen molar-refractivity contribution in [1.29, 1.82) is 0 Å². The number of rotatable bonds is 10. The van der Waals surface area contributed by atoms with Crippen LogP contribution in [0.5, 0.6) is 0 Å². The van der Waals surface area contributed by atoms with E-state index in [0.29, 0.717) is 52.8 Å². The van der Waals surface area contributed by atoms with Gasteiger partial charge in [-0.05, 0) is 13.8 Å². The maximum atomic E-state index is 5.60. The van der Waals surface area contributed by atoms with Crippen LogP contribution in [0.25, 0.3) is 0 Å². The summed E-state index contributed by atoms with van der Waals surface area (Å²) in [5.41, 5.74) is 5.28. The van der Waals surface area contributed by atoms with Crippen LogP contribution in [0.4, 0.5) is 0 Å². The highest BCUT2D eigenvalue weighted by Gasteiger charge is 2.32. The molecule has 0 saturated carbocycles. The first-order valence-corrected chi connectivity index (χ1v) is 6.39. The van der Waals surface area contributed by atoms with Gasteiger partial charge in [0.2, 0.25) is 0 Å². The Balaban J connectivity index is 1.82. The second kappa shape index (κ2) is 8.79. The minimum Gasteiger partial charge on any atom is -0.378 e. The summed E-state index contributed by atoms with van der Waals surface area (Å²) in [6, 6.07) is 0. The zero-order chi connectivity index (χ0) is 13.3. The predicted octanol–water partition coefficient (Wildman–Crippen LogP) is 0.146. The third-order valence-electron chi connectivity index (χ3n) is 2.38. The molecule has 1 rings (SSSR count). The van der Waals surface area contributed by atoms with Gasteiger partial charge in [0.1, 0.15) is 6.10 Å². The van der Waals surface area contributed by atoms with Gasteiger partial charge in [0, 0.05) is 6.54 Å². The Kier molecular flexibility index (Phi) is 7.73. The lowest BCUT2D eigenvalue weighted by atomic mass is 10.4. The molecule has 0 amide bonds. The van der Waals surface area contributed by atoms with Gasteiger partial charge < -0.3 is 29.4 Å². The van der Waals surface area contributed by atoms with Crippen molar-refractivity contribution in [3.8, 4) is 0 Å². The average molecular weight is 263 g/mol. The van der Waals surface area contributed by atoms with Crippen molar-refractivity contribution in [1.82, 2.24) is 0 Å². The highest BCUT2D eigenvalue weighted by Crippen LogP contribution is 2.22. The Morgan fingerprint density at radius 2 is 1.67 bits per heavy atom. The minimum atomic E-state index is -0.481. The highest BCUT2D eigenvalue weighted by atomic mass is 16.7. The molecular weight excluding hydrogens is 238 g/mol.